The first kappa shape index (κ1) is 19.5. The summed E-state index contributed by atoms with van der Waals surface area (Å²) in [5.74, 6) is 0.746. The third-order valence-corrected chi connectivity index (χ3v) is 6.13. The summed E-state index contributed by atoms with van der Waals surface area (Å²) in [6, 6.07) is 0.0901. The molecule has 0 aromatic carbocycles. The molecule has 0 aromatic heterocycles. The molecule has 7 heteroatoms. The number of hydrogen-bond donors (Lipinski definition) is 3. The molecule has 0 amide bonds. The maximum atomic E-state index is 10.0. The average molecular weight is 359 g/mol. The van der Waals surface area contributed by atoms with Gasteiger partial charge in [-0.15, -0.1) is 0 Å². The van der Waals surface area contributed by atoms with Crippen molar-refractivity contribution in [2.45, 2.75) is 75.4 Å². The summed E-state index contributed by atoms with van der Waals surface area (Å²) in [5, 5.41) is 23.5. The molecule has 0 radical (unpaired) electrons. The van der Waals surface area contributed by atoms with Crippen molar-refractivity contribution >= 4 is 0 Å². The lowest BCUT2D eigenvalue weighted by molar-refractivity contribution is -0.177. The monoisotopic (exact) mass is 359 g/mol. The number of piperidine rings is 1. The van der Waals surface area contributed by atoms with Gasteiger partial charge in [-0.1, -0.05) is 0 Å². The number of aliphatic hydroxyl groups excluding tert-OH is 1. The van der Waals surface area contributed by atoms with E-state index in [0.717, 1.165) is 25.9 Å². The fraction of sp³-hybridized carbons (Fsp3) is 1.00. The van der Waals surface area contributed by atoms with Gasteiger partial charge in [0.1, 0.15) is 12.3 Å². The van der Waals surface area contributed by atoms with Gasteiger partial charge in [-0.05, 0) is 33.1 Å². The Bertz CT molecular complexity index is 442. The van der Waals surface area contributed by atoms with Crippen LogP contribution in [0.5, 0.6) is 0 Å². The van der Waals surface area contributed by atoms with Crippen molar-refractivity contribution in [2.24, 2.45) is 11.8 Å². The smallest absolute Gasteiger partial charge is 0.113 e. The highest BCUT2D eigenvalue weighted by Crippen LogP contribution is 2.42. The van der Waals surface area contributed by atoms with E-state index in [2.05, 4.69) is 5.32 Å². The van der Waals surface area contributed by atoms with Gasteiger partial charge in [-0.25, -0.2) is 0 Å². The molecule has 3 N–H and O–H groups in total. The SMILES string of the molecule is COC1C2CCOC2NC2C1CCC(OCC(O)C(C)(C)O)C2OC. The van der Waals surface area contributed by atoms with Crippen LogP contribution in [0.3, 0.4) is 0 Å². The Balaban J connectivity index is 1.68. The fourth-order valence-electron chi connectivity index (χ4n) is 4.63. The highest BCUT2D eigenvalue weighted by atomic mass is 16.5. The van der Waals surface area contributed by atoms with Gasteiger partial charge in [0.05, 0.1) is 30.5 Å². The molecule has 2 aliphatic heterocycles. The normalized spacial score (nSPS) is 42.7. The molecule has 8 unspecified atom stereocenters. The lowest BCUT2D eigenvalue weighted by Crippen LogP contribution is -2.66. The first-order valence-electron chi connectivity index (χ1n) is 9.32. The zero-order chi connectivity index (χ0) is 18.2. The zero-order valence-corrected chi connectivity index (χ0v) is 15.7. The van der Waals surface area contributed by atoms with Crippen molar-refractivity contribution in [3.8, 4) is 0 Å². The van der Waals surface area contributed by atoms with E-state index in [1.807, 2.05) is 0 Å². The predicted octanol–water partition coefficient (Wildman–Crippen LogP) is 0.278. The van der Waals surface area contributed by atoms with Crippen LogP contribution in [-0.4, -0.2) is 79.9 Å². The minimum atomic E-state index is -1.19. The molecule has 0 spiro atoms. The Morgan fingerprint density at radius 3 is 2.48 bits per heavy atom. The second kappa shape index (κ2) is 7.76. The van der Waals surface area contributed by atoms with Crippen LogP contribution in [0, 0.1) is 11.8 Å². The Kier molecular flexibility index (Phi) is 6.05. The first-order chi connectivity index (χ1) is 11.9. The molecular weight excluding hydrogens is 326 g/mol. The van der Waals surface area contributed by atoms with Crippen LogP contribution in [0.25, 0.3) is 0 Å². The Morgan fingerprint density at radius 2 is 1.84 bits per heavy atom. The predicted molar refractivity (Wildman–Crippen MR) is 91.1 cm³/mol. The van der Waals surface area contributed by atoms with E-state index in [9.17, 15) is 10.2 Å². The van der Waals surface area contributed by atoms with Crippen LogP contribution in [-0.2, 0) is 18.9 Å². The summed E-state index contributed by atoms with van der Waals surface area (Å²) in [7, 11) is 3.48. The Morgan fingerprint density at radius 1 is 1.12 bits per heavy atom. The standard InChI is InChI=1S/C18H33NO6/c1-18(2,21)13(20)9-25-12-6-5-10-14(16(12)23-4)19-17-11(7-8-24-17)15(10)22-3/h10-17,19-21H,5-9H2,1-4H3. The molecule has 2 saturated heterocycles. The van der Waals surface area contributed by atoms with Gasteiger partial charge in [-0.2, -0.15) is 0 Å². The van der Waals surface area contributed by atoms with Gasteiger partial charge in [0.25, 0.3) is 0 Å². The molecule has 146 valence electrons. The van der Waals surface area contributed by atoms with Gasteiger partial charge in [0.2, 0.25) is 0 Å². The summed E-state index contributed by atoms with van der Waals surface area (Å²) in [5.41, 5.74) is -1.19. The van der Waals surface area contributed by atoms with Crippen molar-refractivity contribution in [1.82, 2.24) is 5.32 Å². The van der Waals surface area contributed by atoms with Gasteiger partial charge < -0.3 is 29.2 Å². The first-order valence-corrected chi connectivity index (χ1v) is 9.32. The zero-order valence-electron chi connectivity index (χ0n) is 15.7. The highest BCUT2D eigenvalue weighted by Gasteiger charge is 2.53. The van der Waals surface area contributed by atoms with Crippen LogP contribution >= 0.6 is 0 Å². The van der Waals surface area contributed by atoms with Crippen molar-refractivity contribution in [2.75, 3.05) is 27.4 Å². The molecule has 1 aliphatic carbocycles. The molecule has 0 bridgehead atoms. The second-order valence-electron chi connectivity index (χ2n) is 8.12. The van der Waals surface area contributed by atoms with Crippen LogP contribution in [0.1, 0.15) is 33.1 Å². The van der Waals surface area contributed by atoms with Gasteiger partial charge in [0.15, 0.2) is 0 Å². The summed E-state index contributed by atoms with van der Waals surface area (Å²) in [6.07, 6.45) is 1.80. The summed E-state index contributed by atoms with van der Waals surface area (Å²) in [4.78, 5) is 0. The maximum Gasteiger partial charge on any atom is 0.113 e. The van der Waals surface area contributed by atoms with Crippen LogP contribution < -0.4 is 5.32 Å². The van der Waals surface area contributed by atoms with Crippen LogP contribution in [0.4, 0.5) is 0 Å². The lowest BCUT2D eigenvalue weighted by Gasteiger charge is -2.51. The van der Waals surface area contributed by atoms with Crippen molar-refractivity contribution in [3.63, 3.8) is 0 Å². The number of aliphatic hydroxyl groups is 2. The summed E-state index contributed by atoms with van der Waals surface area (Å²) >= 11 is 0. The van der Waals surface area contributed by atoms with Crippen LogP contribution in [0.15, 0.2) is 0 Å². The number of methoxy groups -OCH3 is 2. The molecule has 3 aliphatic rings. The van der Waals surface area contributed by atoms with E-state index in [0.29, 0.717) is 11.8 Å². The van der Waals surface area contributed by atoms with E-state index < -0.39 is 11.7 Å². The Hall–Kier alpha value is -0.280. The van der Waals surface area contributed by atoms with Crippen molar-refractivity contribution in [3.05, 3.63) is 0 Å². The molecule has 25 heavy (non-hydrogen) atoms. The molecule has 3 fully saturated rings. The topological polar surface area (TPSA) is 89.4 Å². The average Bonchev–Trinajstić information content (AvgIpc) is 3.04. The molecule has 2 heterocycles. The Labute approximate surface area is 150 Å². The molecule has 3 rings (SSSR count). The lowest BCUT2D eigenvalue weighted by atomic mass is 9.70. The minimum Gasteiger partial charge on any atom is -0.388 e. The van der Waals surface area contributed by atoms with E-state index in [1.54, 1.807) is 28.1 Å². The third kappa shape index (κ3) is 3.88. The van der Waals surface area contributed by atoms with Gasteiger partial charge in [0, 0.05) is 38.7 Å². The maximum absolute atomic E-state index is 10.0. The number of nitrogens with one attached hydrogen (secondary N) is 1. The van der Waals surface area contributed by atoms with Gasteiger partial charge >= 0.3 is 0 Å². The minimum absolute atomic E-state index is 0.00423. The number of fused-ring (bicyclic) bond motifs is 2. The second-order valence-corrected chi connectivity index (χ2v) is 8.12. The van der Waals surface area contributed by atoms with Crippen molar-refractivity contribution in [1.29, 1.82) is 0 Å². The quantitative estimate of drug-likeness (QED) is 0.628. The summed E-state index contributed by atoms with van der Waals surface area (Å²) < 4.78 is 23.4. The van der Waals surface area contributed by atoms with E-state index in [-0.39, 0.29) is 37.2 Å². The number of rotatable bonds is 6. The molecule has 7 nitrogen and oxygen atoms in total. The number of hydrogen-bond acceptors (Lipinski definition) is 7. The molecule has 0 aromatic rings. The molecule has 8 atom stereocenters. The van der Waals surface area contributed by atoms with Crippen molar-refractivity contribution < 1.29 is 29.2 Å². The molecular formula is C18H33NO6. The third-order valence-electron chi connectivity index (χ3n) is 6.13. The van der Waals surface area contributed by atoms with E-state index in [1.165, 1.54) is 0 Å². The fourth-order valence-corrected chi connectivity index (χ4v) is 4.63. The summed E-state index contributed by atoms with van der Waals surface area (Å²) in [6.45, 7) is 4.00. The highest BCUT2D eigenvalue weighted by molar-refractivity contribution is 5.04. The van der Waals surface area contributed by atoms with E-state index in [4.69, 9.17) is 18.9 Å². The largest absolute Gasteiger partial charge is 0.388 e. The molecule has 1 saturated carbocycles. The number of ether oxygens (including phenoxy) is 4. The van der Waals surface area contributed by atoms with E-state index >= 15 is 0 Å². The van der Waals surface area contributed by atoms with Crippen LogP contribution in [0.2, 0.25) is 0 Å². The van der Waals surface area contributed by atoms with Gasteiger partial charge in [-0.3, -0.25) is 5.32 Å².